The summed E-state index contributed by atoms with van der Waals surface area (Å²) in [6.45, 7) is 0. The van der Waals surface area contributed by atoms with E-state index in [0.29, 0.717) is 0 Å². The molecule has 0 aliphatic heterocycles. The molecule has 0 unspecified atom stereocenters. The fourth-order valence-corrected chi connectivity index (χ4v) is 3.14. The molecule has 6 radical (unpaired) electrons. The molecule has 20 heavy (non-hydrogen) atoms. The minimum Gasteiger partial charge on any atom is -0.0620 e. The fraction of sp³-hybridized carbons (Fsp3) is 0.100. The van der Waals surface area contributed by atoms with E-state index in [-0.39, 0.29) is 0 Å². The van der Waals surface area contributed by atoms with Gasteiger partial charge in [0.15, 0.2) is 0 Å². The van der Waals surface area contributed by atoms with Crippen LogP contribution in [0.1, 0.15) is 35.1 Å². The maximum Gasteiger partial charge on any atom is 0.00935 e. The molecule has 0 N–H and O–H groups in total. The molecule has 0 spiro atoms. The molecular formula is C20H16. The van der Waals surface area contributed by atoms with Gasteiger partial charge in [-0.25, -0.2) is 0 Å². The zero-order valence-corrected chi connectivity index (χ0v) is 11.3. The van der Waals surface area contributed by atoms with Crippen LogP contribution in [0.2, 0.25) is 0 Å². The van der Waals surface area contributed by atoms with Crippen LogP contribution in [0.5, 0.6) is 0 Å². The first kappa shape index (κ1) is 12.2. The first-order valence-electron chi connectivity index (χ1n) is 7.18. The molecule has 2 aromatic rings. The smallest absolute Gasteiger partial charge is 0.00935 e. The van der Waals surface area contributed by atoms with E-state index >= 15 is 0 Å². The second-order valence-corrected chi connectivity index (χ2v) is 5.39. The summed E-state index contributed by atoms with van der Waals surface area (Å²) in [7, 11) is 0. The van der Waals surface area contributed by atoms with Crippen molar-refractivity contribution in [3.05, 3.63) is 108 Å². The van der Waals surface area contributed by atoms with Gasteiger partial charge in [0.1, 0.15) is 0 Å². The number of rotatable bonds is 3. The van der Waals surface area contributed by atoms with Crippen molar-refractivity contribution in [3.8, 4) is 0 Å². The summed E-state index contributed by atoms with van der Waals surface area (Å²) in [6, 6.07) is 17.3. The Labute approximate surface area is 121 Å². The standard InChI is InChI=1S/C20H16/c1-3-7-19-15(5-1)9-11-17(19)13-14-18-12-10-16-6-2-4-8-20(16)18/h1-12H,13-14H2. The van der Waals surface area contributed by atoms with Gasteiger partial charge < -0.3 is 0 Å². The minimum atomic E-state index is 1.11. The van der Waals surface area contributed by atoms with Gasteiger partial charge in [-0.3, -0.25) is 0 Å². The molecule has 2 aromatic carbocycles. The maximum absolute atomic E-state index is 2.27. The van der Waals surface area contributed by atoms with Crippen molar-refractivity contribution in [2.45, 2.75) is 12.8 Å². The molecule has 96 valence electrons. The summed E-state index contributed by atoms with van der Waals surface area (Å²) >= 11 is 0. The zero-order chi connectivity index (χ0) is 13.4. The molecule has 0 fully saturated rings. The van der Waals surface area contributed by atoms with E-state index in [9.17, 15) is 0 Å². The first-order chi connectivity index (χ1) is 9.92. The molecule has 2 aliphatic rings. The Morgan fingerprint density at radius 2 is 0.950 bits per heavy atom. The SMILES string of the molecule is [CH]1[CH]c2ccccc2[C]1CC[C]1[CH][CH]c2ccccc21. The topological polar surface area (TPSA) is 0 Å². The highest BCUT2D eigenvalue weighted by Crippen LogP contribution is 2.41. The number of benzene rings is 2. The minimum absolute atomic E-state index is 1.11. The fourth-order valence-electron chi connectivity index (χ4n) is 3.14. The van der Waals surface area contributed by atoms with Gasteiger partial charge in [-0.1, -0.05) is 48.5 Å². The van der Waals surface area contributed by atoms with Crippen LogP contribution in [0.4, 0.5) is 0 Å². The molecule has 0 nitrogen and oxygen atoms in total. The average Bonchev–Trinajstić information content (AvgIpc) is 3.09. The number of hydrogen-bond donors (Lipinski definition) is 0. The van der Waals surface area contributed by atoms with E-state index in [2.05, 4.69) is 74.2 Å². The third kappa shape index (κ3) is 2.08. The van der Waals surface area contributed by atoms with Crippen LogP contribution < -0.4 is 0 Å². The molecule has 0 heteroatoms. The van der Waals surface area contributed by atoms with Gasteiger partial charge in [-0.05, 0) is 60.8 Å². The van der Waals surface area contributed by atoms with Crippen LogP contribution in [-0.4, -0.2) is 0 Å². The Kier molecular flexibility index (Phi) is 3.10. The van der Waals surface area contributed by atoms with Gasteiger partial charge in [0.25, 0.3) is 0 Å². The van der Waals surface area contributed by atoms with E-state index in [1.54, 1.807) is 0 Å². The Morgan fingerprint density at radius 1 is 0.500 bits per heavy atom. The Bertz CT molecular complexity index is 555. The van der Waals surface area contributed by atoms with E-state index in [0.717, 1.165) is 12.8 Å². The van der Waals surface area contributed by atoms with Crippen molar-refractivity contribution in [3.63, 3.8) is 0 Å². The van der Waals surface area contributed by atoms with E-state index < -0.39 is 0 Å². The van der Waals surface area contributed by atoms with Crippen molar-refractivity contribution >= 4 is 0 Å². The highest BCUT2D eigenvalue weighted by molar-refractivity contribution is 5.57. The molecule has 4 rings (SSSR count). The number of hydrogen-bond acceptors (Lipinski definition) is 0. The van der Waals surface area contributed by atoms with Crippen LogP contribution in [-0.2, 0) is 0 Å². The summed E-state index contributed by atoms with van der Waals surface area (Å²) in [5.74, 6) is 2.93. The van der Waals surface area contributed by atoms with Crippen LogP contribution in [0.15, 0.2) is 48.5 Å². The normalized spacial score (nSPS) is 18.2. The Hall–Kier alpha value is -1.56. The lowest BCUT2D eigenvalue weighted by molar-refractivity contribution is 0.829. The van der Waals surface area contributed by atoms with Crippen LogP contribution in [0.3, 0.4) is 0 Å². The predicted octanol–water partition coefficient (Wildman–Crippen LogP) is 4.55. The summed E-state index contributed by atoms with van der Waals surface area (Å²) in [5, 5.41) is 0. The molecular weight excluding hydrogens is 240 g/mol. The van der Waals surface area contributed by atoms with Crippen LogP contribution >= 0.6 is 0 Å². The lowest BCUT2D eigenvalue weighted by Crippen LogP contribution is -2.01. The lowest BCUT2D eigenvalue weighted by atomic mass is 9.89. The zero-order valence-electron chi connectivity index (χ0n) is 11.3. The van der Waals surface area contributed by atoms with Crippen molar-refractivity contribution in [1.29, 1.82) is 0 Å². The summed E-state index contributed by atoms with van der Waals surface area (Å²) in [6.07, 6.45) is 11.2. The number of fused-ring (bicyclic) bond motifs is 2. The first-order valence-corrected chi connectivity index (χ1v) is 7.18. The molecule has 0 amide bonds. The Balaban J connectivity index is 1.45. The second-order valence-electron chi connectivity index (χ2n) is 5.39. The molecule has 0 atom stereocenters. The maximum atomic E-state index is 2.27. The summed E-state index contributed by atoms with van der Waals surface area (Å²) in [4.78, 5) is 0. The molecule has 0 bridgehead atoms. The molecule has 0 saturated heterocycles. The van der Waals surface area contributed by atoms with Crippen LogP contribution in [0, 0.1) is 37.5 Å². The molecule has 0 heterocycles. The van der Waals surface area contributed by atoms with Crippen molar-refractivity contribution < 1.29 is 0 Å². The largest absolute Gasteiger partial charge is 0.0620 e. The van der Waals surface area contributed by atoms with Crippen LogP contribution in [0.25, 0.3) is 0 Å². The summed E-state index contributed by atoms with van der Waals surface area (Å²) in [5.41, 5.74) is 5.52. The van der Waals surface area contributed by atoms with Gasteiger partial charge in [0.05, 0.1) is 0 Å². The van der Waals surface area contributed by atoms with Gasteiger partial charge in [0, 0.05) is 11.8 Å². The van der Waals surface area contributed by atoms with Crippen molar-refractivity contribution in [2.75, 3.05) is 0 Å². The quantitative estimate of drug-likeness (QED) is 0.755. The van der Waals surface area contributed by atoms with Gasteiger partial charge in [-0.15, -0.1) is 0 Å². The third-order valence-corrected chi connectivity index (χ3v) is 4.21. The average molecular weight is 256 g/mol. The van der Waals surface area contributed by atoms with Crippen molar-refractivity contribution in [1.82, 2.24) is 0 Å². The second kappa shape index (κ2) is 5.09. The van der Waals surface area contributed by atoms with Gasteiger partial charge in [0.2, 0.25) is 0 Å². The monoisotopic (exact) mass is 256 g/mol. The lowest BCUT2D eigenvalue weighted by Gasteiger charge is -2.15. The highest BCUT2D eigenvalue weighted by Gasteiger charge is 2.27. The summed E-state index contributed by atoms with van der Waals surface area (Å²) < 4.78 is 0. The van der Waals surface area contributed by atoms with Gasteiger partial charge >= 0.3 is 0 Å². The molecule has 0 saturated carbocycles. The predicted molar refractivity (Wildman–Crippen MR) is 82.2 cm³/mol. The van der Waals surface area contributed by atoms with Gasteiger partial charge in [-0.2, -0.15) is 0 Å². The highest BCUT2D eigenvalue weighted by atomic mass is 14.3. The third-order valence-electron chi connectivity index (χ3n) is 4.21. The van der Waals surface area contributed by atoms with E-state index in [4.69, 9.17) is 0 Å². The Morgan fingerprint density at radius 3 is 1.45 bits per heavy atom. The van der Waals surface area contributed by atoms with E-state index in [1.807, 2.05) is 0 Å². The van der Waals surface area contributed by atoms with E-state index in [1.165, 1.54) is 34.1 Å². The van der Waals surface area contributed by atoms with Crippen molar-refractivity contribution in [2.24, 2.45) is 0 Å². The molecule has 2 aliphatic carbocycles. The molecule has 0 aromatic heterocycles.